The lowest BCUT2D eigenvalue weighted by atomic mass is 9.91. The Labute approximate surface area is 146 Å². The molecule has 0 bridgehead atoms. The van der Waals surface area contributed by atoms with E-state index < -0.39 is 0 Å². The molecule has 25 heavy (non-hydrogen) atoms. The Morgan fingerprint density at radius 2 is 1.36 bits per heavy atom. The van der Waals surface area contributed by atoms with Crippen LogP contribution in [0.25, 0.3) is 33.2 Å². The smallest absolute Gasteiger partial charge is 0.256 e. The molecule has 0 saturated heterocycles. The summed E-state index contributed by atoms with van der Waals surface area (Å²) in [6.45, 7) is 4.11. The molecule has 122 valence electrons. The predicted molar refractivity (Wildman–Crippen MR) is 105 cm³/mol. The van der Waals surface area contributed by atoms with Crippen molar-refractivity contribution in [3.8, 4) is 22.4 Å². The highest BCUT2D eigenvalue weighted by Gasteiger charge is 2.16. The summed E-state index contributed by atoms with van der Waals surface area (Å²) in [5.41, 5.74) is 6.25. The fourth-order valence-electron chi connectivity index (χ4n) is 3.56. The minimum atomic E-state index is -0.0414. The number of hydrogen-bond donors (Lipinski definition) is 1. The summed E-state index contributed by atoms with van der Waals surface area (Å²) in [5.74, 6) is 0. The molecular formula is C23H19NO. The molecule has 0 amide bonds. The Kier molecular flexibility index (Phi) is 3.73. The largest absolute Gasteiger partial charge is 0.321 e. The van der Waals surface area contributed by atoms with Gasteiger partial charge in [-0.3, -0.25) is 4.79 Å². The van der Waals surface area contributed by atoms with Gasteiger partial charge in [-0.15, -0.1) is 0 Å². The molecule has 1 N–H and O–H groups in total. The van der Waals surface area contributed by atoms with Crippen LogP contribution in [-0.2, 0) is 0 Å². The first kappa shape index (κ1) is 15.4. The summed E-state index contributed by atoms with van der Waals surface area (Å²) in [7, 11) is 0. The van der Waals surface area contributed by atoms with Crippen LogP contribution in [0.5, 0.6) is 0 Å². The lowest BCUT2D eigenvalue weighted by molar-refractivity contribution is 1.27. The molecule has 0 saturated carbocycles. The third-order valence-electron chi connectivity index (χ3n) is 4.59. The molecule has 4 rings (SSSR count). The van der Waals surface area contributed by atoms with Gasteiger partial charge in [0.1, 0.15) is 0 Å². The molecule has 0 aliphatic rings. The lowest BCUT2D eigenvalue weighted by Gasteiger charge is -2.16. The standard InChI is InChI=1S/C23H19NO/c1-15-13-16(2)20-19(14-15)23(25)24-22(18-11-7-4-8-12-18)21(20)17-9-5-3-6-10-17/h3-14H,1-2H3,(H,24,25). The van der Waals surface area contributed by atoms with Gasteiger partial charge in [-0.1, -0.05) is 72.3 Å². The van der Waals surface area contributed by atoms with E-state index in [2.05, 4.69) is 30.1 Å². The first-order valence-electron chi connectivity index (χ1n) is 8.43. The van der Waals surface area contributed by atoms with Crippen molar-refractivity contribution in [2.45, 2.75) is 13.8 Å². The number of aryl methyl sites for hydroxylation is 2. The third-order valence-corrected chi connectivity index (χ3v) is 4.59. The Morgan fingerprint density at radius 1 is 0.760 bits per heavy atom. The number of aromatic amines is 1. The van der Waals surface area contributed by atoms with Gasteiger partial charge in [0.2, 0.25) is 0 Å². The molecule has 3 aromatic carbocycles. The van der Waals surface area contributed by atoms with Crippen molar-refractivity contribution in [2.24, 2.45) is 0 Å². The second-order valence-corrected chi connectivity index (χ2v) is 6.44. The Morgan fingerprint density at radius 3 is 2.00 bits per heavy atom. The molecule has 0 radical (unpaired) electrons. The van der Waals surface area contributed by atoms with E-state index in [0.29, 0.717) is 0 Å². The van der Waals surface area contributed by atoms with Gasteiger partial charge in [0, 0.05) is 16.3 Å². The molecule has 4 aromatic rings. The molecule has 2 nitrogen and oxygen atoms in total. The summed E-state index contributed by atoms with van der Waals surface area (Å²) < 4.78 is 0. The van der Waals surface area contributed by atoms with E-state index in [1.54, 1.807) is 0 Å². The molecule has 0 unspecified atom stereocenters. The molecule has 0 aliphatic heterocycles. The number of benzene rings is 3. The molecular weight excluding hydrogens is 306 g/mol. The SMILES string of the molecule is Cc1cc(C)c2c(-c3ccccc3)c(-c3ccccc3)[nH]c(=O)c2c1. The normalized spacial score (nSPS) is 11.0. The molecule has 2 heteroatoms. The summed E-state index contributed by atoms with van der Waals surface area (Å²) in [6, 6.07) is 24.4. The fourth-order valence-corrected chi connectivity index (χ4v) is 3.56. The highest BCUT2D eigenvalue weighted by Crippen LogP contribution is 2.36. The van der Waals surface area contributed by atoms with E-state index in [-0.39, 0.29) is 5.56 Å². The molecule has 1 aromatic heterocycles. The first-order valence-corrected chi connectivity index (χ1v) is 8.43. The van der Waals surface area contributed by atoms with Crippen LogP contribution in [0.3, 0.4) is 0 Å². The zero-order valence-corrected chi connectivity index (χ0v) is 14.3. The second-order valence-electron chi connectivity index (χ2n) is 6.44. The Hall–Kier alpha value is -3.13. The van der Waals surface area contributed by atoms with Crippen LogP contribution in [0.2, 0.25) is 0 Å². The van der Waals surface area contributed by atoms with E-state index in [9.17, 15) is 4.79 Å². The minimum absolute atomic E-state index is 0.0414. The van der Waals surface area contributed by atoms with Gasteiger partial charge >= 0.3 is 0 Å². The van der Waals surface area contributed by atoms with Crippen LogP contribution in [-0.4, -0.2) is 4.98 Å². The van der Waals surface area contributed by atoms with Crippen molar-refractivity contribution < 1.29 is 0 Å². The van der Waals surface area contributed by atoms with Crippen LogP contribution >= 0.6 is 0 Å². The number of rotatable bonds is 2. The Balaban J connectivity index is 2.21. The monoisotopic (exact) mass is 325 g/mol. The number of hydrogen-bond acceptors (Lipinski definition) is 1. The third kappa shape index (κ3) is 2.66. The highest BCUT2D eigenvalue weighted by atomic mass is 16.1. The average molecular weight is 325 g/mol. The van der Waals surface area contributed by atoms with Gasteiger partial charge in [-0.05, 0) is 36.6 Å². The van der Waals surface area contributed by atoms with Crippen LogP contribution < -0.4 is 5.56 Å². The maximum Gasteiger partial charge on any atom is 0.256 e. The van der Waals surface area contributed by atoms with Crippen molar-refractivity contribution in [1.82, 2.24) is 4.98 Å². The van der Waals surface area contributed by atoms with Crippen molar-refractivity contribution in [3.05, 3.63) is 94.3 Å². The lowest BCUT2D eigenvalue weighted by Crippen LogP contribution is -2.10. The fraction of sp³-hybridized carbons (Fsp3) is 0.0870. The number of aromatic nitrogens is 1. The van der Waals surface area contributed by atoms with Crippen molar-refractivity contribution >= 4 is 10.8 Å². The van der Waals surface area contributed by atoms with E-state index in [1.165, 1.54) is 0 Å². The van der Waals surface area contributed by atoms with E-state index >= 15 is 0 Å². The van der Waals surface area contributed by atoms with Gasteiger partial charge in [-0.25, -0.2) is 0 Å². The van der Waals surface area contributed by atoms with Gasteiger partial charge in [0.05, 0.1) is 5.69 Å². The summed E-state index contributed by atoms with van der Waals surface area (Å²) >= 11 is 0. The quantitative estimate of drug-likeness (QED) is 0.520. The van der Waals surface area contributed by atoms with Gasteiger partial charge < -0.3 is 4.98 Å². The van der Waals surface area contributed by atoms with Crippen molar-refractivity contribution in [3.63, 3.8) is 0 Å². The van der Waals surface area contributed by atoms with Crippen molar-refractivity contribution in [1.29, 1.82) is 0 Å². The molecule has 1 heterocycles. The maximum absolute atomic E-state index is 12.8. The maximum atomic E-state index is 12.8. The van der Waals surface area contributed by atoms with Crippen LogP contribution in [0.4, 0.5) is 0 Å². The van der Waals surface area contributed by atoms with E-state index in [4.69, 9.17) is 0 Å². The van der Waals surface area contributed by atoms with Crippen LogP contribution in [0, 0.1) is 13.8 Å². The molecule has 0 aliphatic carbocycles. The predicted octanol–water partition coefficient (Wildman–Crippen LogP) is 5.48. The second kappa shape index (κ2) is 6.06. The van der Waals surface area contributed by atoms with Crippen LogP contribution in [0.1, 0.15) is 11.1 Å². The minimum Gasteiger partial charge on any atom is -0.321 e. The van der Waals surface area contributed by atoms with Gasteiger partial charge in [0.15, 0.2) is 0 Å². The number of nitrogens with one attached hydrogen (secondary N) is 1. The Bertz CT molecular complexity index is 1110. The average Bonchev–Trinajstić information content (AvgIpc) is 2.63. The van der Waals surface area contributed by atoms with Crippen LogP contribution in [0.15, 0.2) is 77.6 Å². The zero-order valence-electron chi connectivity index (χ0n) is 14.3. The van der Waals surface area contributed by atoms with Gasteiger partial charge in [0.25, 0.3) is 5.56 Å². The number of H-pyrrole nitrogens is 1. The molecule has 0 spiro atoms. The summed E-state index contributed by atoms with van der Waals surface area (Å²) in [6.07, 6.45) is 0. The summed E-state index contributed by atoms with van der Waals surface area (Å²) in [4.78, 5) is 15.9. The number of fused-ring (bicyclic) bond motifs is 1. The summed E-state index contributed by atoms with van der Waals surface area (Å²) in [5, 5.41) is 1.77. The highest BCUT2D eigenvalue weighted by molar-refractivity contribution is 6.04. The zero-order chi connectivity index (χ0) is 17.4. The molecule has 0 fully saturated rings. The van der Waals surface area contributed by atoms with E-state index in [1.807, 2.05) is 61.5 Å². The molecule has 0 atom stereocenters. The van der Waals surface area contributed by atoms with Crippen molar-refractivity contribution in [2.75, 3.05) is 0 Å². The topological polar surface area (TPSA) is 32.9 Å². The first-order chi connectivity index (χ1) is 12.1. The van der Waals surface area contributed by atoms with Gasteiger partial charge in [-0.2, -0.15) is 0 Å². The van der Waals surface area contributed by atoms with E-state index in [0.717, 1.165) is 44.3 Å². The number of pyridine rings is 1.